The van der Waals surface area contributed by atoms with Crippen LogP contribution in [-0.4, -0.2) is 25.9 Å². The van der Waals surface area contributed by atoms with Crippen LogP contribution in [0.5, 0.6) is 0 Å². The van der Waals surface area contributed by atoms with Gasteiger partial charge in [-0.3, -0.25) is 0 Å². The first kappa shape index (κ1) is 16.6. The molecule has 0 aromatic heterocycles. The summed E-state index contributed by atoms with van der Waals surface area (Å²) >= 11 is 3.60. The first-order valence-electron chi connectivity index (χ1n) is 6.79. The topological polar surface area (TPSA) is 30.5 Å². The van der Waals surface area contributed by atoms with Gasteiger partial charge in [-0.15, -0.1) is 0 Å². The summed E-state index contributed by atoms with van der Waals surface area (Å²) in [7, 11) is 0. The Kier molecular flexibility index (Phi) is 8.30. The third kappa shape index (κ3) is 7.06. The number of ether oxygens (including phenoxy) is 2. The second kappa shape index (κ2) is 9.48. The third-order valence-corrected chi connectivity index (χ3v) is 3.40. The zero-order valence-electron chi connectivity index (χ0n) is 12.0. The Morgan fingerprint density at radius 2 is 1.95 bits per heavy atom. The van der Waals surface area contributed by atoms with E-state index in [-0.39, 0.29) is 0 Å². The van der Waals surface area contributed by atoms with E-state index in [2.05, 4.69) is 53.3 Å². The van der Waals surface area contributed by atoms with E-state index >= 15 is 0 Å². The highest BCUT2D eigenvalue weighted by Crippen LogP contribution is 2.19. The molecule has 108 valence electrons. The summed E-state index contributed by atoms with van der Waals surface area (Å²) < 4.78 is 11.9. The largest absolute Gasteiger partial charge is 0.379 e. The highest BCUT2D eigenvalue weighted by Gasteiger charge is 2.03. The lowest BCUT2D eigenvalue weighted by Crippen LogP contribution is -2.21. The van der Waals surface area contributed by atoms with E-state index in [0.29, 0.717) is 25.9 Å². The molecule has 0 unspecified atom stereocenters. The molecule has 1 N–H and O–H groups in total. The normalized spacial score (nSPS) is 11.2. The van der Waals surface area contributed by atoms with Gasteiger partial charge < -0.3 is 14.8 Å². The summed E-state index contributed by atoms with van der Waals surface area (Å²) in [5, 5.41) is 3.41. The summed E-state index contributed by atoms with van der Waals surface area (Å²) in [6.45, 7) is 9.82. The molecule has 0 aliphatic rings. The van der Waals surface area contributed by atoms with Crippen LogP contribution in [0.25, 0.3) is 0 Å². The zero-order valence-corrected chi connectivity index (χ0v) is 13.6. The van der Waals surface area contributed by atoms with Crippen molar-refractivity contribution < 1.29 is 9.47 Å². The minimum absolute atomic E-state index is 0.500. The average Bonchev–Trinajstić information content (AvgIpc) is 2.38. The van der Waals surface area contributed by atoms with E-state index in [1.165, 1.54) is 11.1 Å². The van der Waals surface area contributed by atoms with E-state index in [1.54, 1.807) is 0 Å². The van der Waals surface area contributed by atoms with Crippen molar-refractivity contribution in [1.29, 1.82) is 0 Å². The van der Waals surface area contributed by atoms with Gasteiger partial charge in [0.2, 0.25) is 0 Å². The Morgan fingerprint density at radius 3 is 2.58 bits per heavy atom. The van der Waals surface area contributed by atoms with Crippen LogP contribution in [0, 0.1) is 0 Å². The van der Waals surface area contributed by atoms with Crippen LogP contribution in [0.15, 0.2) is 22.7 Å². The van der Waals surface area contributed by atoms with Gasteiger partial charge in [0.1, 0.15) is 0 Å². The summed E-state index contributed by atoms with van der Waals surface area (Å²) in [6.07, 6.45) is 0. The van der Waals surface area contributed by atoms with Gasteiger partial charge in [0.05, 0.1) is 19.8 Å². The zero-order chi connectivity index (χ0) is 14.1. The number of benzene rings is 1. The van der Waals surface area contributed by atoms with Crippen molar-refractivity contribution >= 4 is 15.9 Å². The van der Waals surface area contributed by atoms with Crippen LogP contribution in [-0.2, 0) is 22.6 Å². The fourth-order valence-corrected chi connectivity index (χ4v) is 2.12. The molecule has 1 aromatic rings. The van der Waals surface area contributed by atoms with Crippen LogP contribution in [0.3, 0.4) is 0 Å². The van der Waals surface area contributed by atoms with Gasteiger partial charge in [-0.1, -0.05) is 41.9 Å². The predicted octanol–water partition coefficient (Wildman–Crippen LogP) is 3.50. The molecule has 1 rings (SSSR count). The maximum Gasteiger partial charge on any atom is 0.0728 e. The SMILES string of the molecule is CCOCCOCc1ccc(CNC(C)C)cc1Br. The van der Waals surface area contributed by atoms with Crippen molar-refractivity contribution in [3.8, 4) is 0 Å². The molecule has 0 heterocycles. The summed E-state index contributed by atoms with van der Waals surface area (Å²) in [4.78, 5) is 0. The number of halogens is 1. The molecule has 0 atom stereocenters. The van der Waals surface area contributed by atoms with Crippen LogP contribution >= 0.6 is 15.9 Å². The monoisotopic (exact) mass is 329 g/mol. The molecule has 4 heteroatoms. The van der Waals surface area contributed by atoms with Crippen molar-refractivity contribution in [2.75, 3.05) is 19.8 Å². The quantitative estimate of drug-likeness (QED) is 0.703. The number of hydrogen-bond acceptors (Lipinski definition) is 3. The lowest BCUT2D eigenvalue weighted by atomic mass is 10.1. The summed E-state index contributed by atoms with van der Waals surface area (Å²) in [5.41, 5.74) is 2.45. The minimum atomic E-state index is 0.500. The van der Waals surface area contributed by atoms with Crippen molar-refractivity contribution in [1.82, 2.24) is 5.32 Å². The highest BCUT2D eigenvalue weighted by atomic mass is 79.9. The van der Waals surface area contributed by atoms with Crippen molar-refractivity contribution in [2.24, 2.45) is 0 Å². The third-order valence-electron chi connectivity index (χ3n) is 2.67. The van der Waals surface area contributed by atoms with Gasteiger partial charge in [-0.05, 0) is 24.1 Å². The number of rotatable bonds is 9. The van der Waals surface area contributed by atoms with E-state index in [9.17, 15) is 0 Å². The van der Waals surface area contributed by atoms with Crippen molar-refractivity contribution in [2.45, 2.75) is 40.0 Å². The lowest BCUT2D eigenvalue weighted by molar-refractivity contribution is 0.0451. The second-order valence-electron chi connectivity index (χ2n) is 4.71. The molecule has 19 heavy (non-hydrogen) atoms. The molecule has 0 saturated heterocycles. The van der Waals surface area contributed by atoms with E-state index in [0.717, 1.165) is 17.6 Å². The summed E-state index contributed by atoms with van der Waals surface area (Å²) in [6, 6.07) is 6.90. The van der Waals surface area contributed by atoms with Crippen LogP contribution in [0.4, 0.5) is 0 Å². The van der Waals surface area contributed by atoms with Crippen molar-refractivity contribution in [3.05, 3.63) is 33.8 Å². The van der Waals surface area contributed by atoms with Gasteiger partial charge in [0, 0.05) is 23.7 Å². The Bertz CT molecular complexity index is 369. The lowest BCUT2D eigenvalue weighted by Gasteiger charge is -2.11. The fourth-order valence-electron chi connectivity index (χ4n) is 1.58. The van der Waals surface area contributed by atoms with E-state index in [4.69, 9.17) is 9.47 Å². The molecular weight excluding hydrogens is 306 g/mol. The van der Waals surface area contributed by atoms with Gasteiger partial charge in [-0.2, -0.15) is 0 Å². The molecule has 0 spiro atoms. The molecule has 0 fully saturated rings. The van der Waals surface area contributed by atoms with Gasteiger partial charge >= 0.3 is 0 Å². The van der Waals surface area contributed by atoms with E-state index < -0.39 is 0 Å². The standard InChI is InChI=1S/C15H24BrNO2/c1-4-18-7-8-19-11-14-6-5-13(9-15(14)16)10-17-12(2)3/h5-6,9,12,17H,4,7-8,10-11H2,1-3H3. The molecule has 3 nitrogen and oxygen atoms in total. The molecule has 0 bridgehead atoms. The van der Waals surface area contributed by atoms with Crippen molar-refractivity contribution in [3.63, 3.8) is 0 Å². The Balaban J connectivity index is 2.39. The van der Waals surface area contributed by atoms with E-state index in [1.807, 2.05) is 6.92 Å². The molecule has 0 saturated carbocycles. The van der Waals surface area contributed by atoms with Crippen LogP contribution < -0.4 is 5.32 Å². The Hall–Kier alpha value is -0.420. The van der Waals surface area contributed by atoms with Gasteiger partial charge in [0.15, 0.2) is 0 Å². The van der Waals surface area contributed by atoms with Gasteiger partial charge in [0.25, 0.3) is 0 Å². The Labute approximate surface area is 124 Å². The maximum atomic E-state index is 5.57. The van der Waals surface area contributed by atoms with Gasteiger partial charge in [-0.25, -0.2) is 0 Å². The molecule has 1 aromatic carbocycles. The minimum Gasteiger partial charge on any atom is -0.379 e. The van der Waals surface area contributed by atoms with Crippen LogP contribution in [0.1, 0.15) is 31.9 Å². The molecule has 0 amide bonds. The first-order valence-corrected chi connectivity index (χ1v) is 7.59. The first-order chi connectivity index (χ1) is 9.13. The molecular formula is C15H24BrNO2. The maximum absolute atomic E-state index is 5.57. The molecule has 0 radical (unpaired) electrons. The summed E-state index contributed by atoms with van der Waals surface area (Å²) in [5.74, 6) is 0. The smallest absolute Gasteiger partial charge is 0.0728 e. The molecule has 0 aliphatic heterocycles. The fraction of sp³-hybridized carbons (Fsp3) is 0.600. The average molecular weight is 330 g/mol. The number of nitrogens with one attached hydrogen (secondary N) is 1. The number of hydrogen-bond donors (Lipinski definition) is 1. The predicted molar refractivity (Wildman–Crippen MR) is 82.3 cm³/mol. The highest BCUT2D eigenvalue weighted by molar-refractivity contribution is 9.10. The molecule has 0 aliphatic carbocycles. The second-order valence-corrected chi connectivity index (χ2v) is 5.57. The Morgan fingerprint density at radius 1 is 1.21 bits per heavy atom. The van der Waals surface area contributed by atoms with Crippen LogP contribution in [0.2, 0.25) is 0 Å².